The first-order valence-electron chi connectivity index (χ1n) is 5.02. The number of hydrogen-bond donors (Lipinski definition) is 2. The van der Waals surface area contributed by atoms with Gasteiger partial charge in [-0.3, -0.25) is 4.79 Å². The maximum atomic E-state index is 11.1. The van der Waals surface area contributed by atoms with Crippen LogP contribution in [0.3, 0.4) is 0 Å². The quantitative estimate of drug-likeness (QED) is 0.792. The van der Waals surface area contributed by atoms with Gasteiger partial charge >= 0.3 is 0 Å². The molecule has 88 valence electrons. The molecule has 0 atom stereocenters. The average Bonchev–Trinajstić information content (AvgIpc) is 2.65. The normalized spacial score (nSPS) is 11.4. The molecule has 6 nitrogen and oxygen atoms in total. The van der Waals surface area contributed by atoms with E-state index in [1.54, 1.807) is 0 Å². The number of fused-ring (bicyclic) bond motifs is 1. The summed E-state index contributed by atoms with van der Waals surface area (Å²) in [5, 5.41) is 9.05. The summed E-state index contributed by atoms with van der Waals surface area (Å²) in [6.07, 6.45) is 0. The number of aromatic amines is 1. The SMILES string of the molecule is COCC(=O)N=Nc1[nH]c(N)c2ccccc12. The number of nitrogens with one attached hydrogen (secondary N) is 1. The molecule has 0 aliphatic carbocycles. The number of carbonyl (C=O) groups excluding carboxylic acids is 1. The molecular formula is C11H12N4O2. The summed E-state index contributed by atoms with van der Waals surface area (Å²) in [7, 11) is 1.43. The van der Waals surface area contributed by atoms with Crippen LogP contribution >= 0.6 is 0 Å². The van der Waals surface area contributed by atoms with E-state index in [2.05, 4.69) is 19.9 Å². The molecule has 3 N–H and O–H groups in total. The second kappa shape index (κ2) is 4.75. The molecule has 0 radical (unpaired) electrons. The van der Waals surface area contributed by atoms with Crippen LogP contribution in [-0.4, -0.2) is 24.6 Å². The van der Waals surface area contributed by atoms with Crippen LogP contribution in [-0.2, 0) is 9.53 Å². The Morgan fingerprint density at radius 1 is 1.41 bits per heavy atom. The number of H-pyrrole nitrogens is 1. The first-order chi connectivity index (χ1) is 8.22. The van der Waals surface area contributed by atoms with Crippen LogP contribution in [0.25, 0.3) is 10.8 Å². The molecular weight excluding hydrogens is 220 g/mol. The van der Waals surface area contributed by atoms with E-state index in [-0.39, 0.29) is 6.61 Å². The van der Waals surface area contributed by atoms with E-state index < -0.39 is 5.91 Å². The van der Waals surface area contributed by atoms with Gasteiger partial charge in [-0.15, -0.1) is 10.2 Å². The molecule has 6 heteroatoms. The minimum Gasteiger partial charge on any atom is -0.385 e. The molecule has 1 heterocycles. The van der Waals surface area contributed by atoms with Crippen LogP contribution in [0.5, 0.6) is 0 Å². The number of amides is 1. The zero-order valence-corrected chi connectivity index (χ0v) is 9.30. The van der Waals surface area contributed by atoms with Crippen molar-refractivity contribution >= 4 is 28.3 Å². The van der Waals surface area contributed by atoms with Gasteiger partial charge in [0.05, 0.1) is 0 Å². The van der Waals surface area contributed by atoms with Gasteiger partial charge in [-0.25, -0.2) is 0 Å². The fourth-order valence-electron chi connectivity index (χ4n) is 1.52. The van der Waals surface area contributed by atoms with Gasteiger partial charge in [-0.05, 0) is 0 Å². The Morgan fingerprint density at radius 2 is 2.12 bits per heavy atom. The van der Waals surface area contributed by atoms with Gasteiger partial charge in [-0.2, -0.15) is 0 Å². The lowest BCUT2D eigenvalue weighted by Crippen LogP contribution is -2.01. The molecule has 1 amide bonds. The van der Waals surface area contributed by atoms with Crippen molar-refractivity contribution in [3.63, 3.8) is 0 Å². The Balaban J connectivity index is 2.33. The molecule has 1 aromatic carbocycles. The van der Waals surface area contributed by atoms with E-state index >= 15 is 0 Å². The van der Waals surface area contributed by atoms with Crippen LogP contribution < -0.4 is 5.73 Å². The Hall–Kier alpha value is -2.21. The first-order valence-corrected chi connectivity index (χ1v) is 5.02. The molecule has 0 spiro atoms. The van der Waals surface area contributed by atoms with Crippen LogP contribution in [0.1, 0.15) is 0 Å². The lowest BCUT2D eigenvalue weighted by Gasteiger charge is -1.90. The fraction of sp³-hybridized carbons (Fsp3) is 0.182. The number of nitrogens with zero attached hydrogens (tertiary/aromatic N) is 2. The highest BCUT2D eigenvalue weighted by Gasteiger charge is 2.06. The number of ether oxygens (including phenoxy) is 1. The summed E-state index contributed by atoms with van der Waals surface area (Å²) < 4.78 is 4.65. The Kier molecular flexibility index (Phi) is 3.15. The minimum atomic E-state index is -0.440. The van der Waals surface area contributed by atoms with Gasteiger partial charge in [0.2, 0.25) is 0 Å². The Labute approximate surface area is 97.5 Å². The highest BCUT2D eigenvalue weighted by atomic mass is 16.5. The third kappa shape index (κ3) is 2.31. The molecule has 1 aromatic heterocycles. The largest absolute Gasteiger partial charge is 0.385 e. The highest BCUT2D eigenvalue weighted by Crippen LogP contribution is 2.30. The number of nitrogen functional groups attached to an aromatic ring is 1. The highest BCUT2D eigenvalue weighted by molar-refractivity contribution is 5.99. The zero-order valence-electron chi connectivity index (χ0n) is 9.30. The molecule has 0 fully saturated rings. The molecule has 0 saturated carbocycles. The summed E-state index contributed by atoms with van der Waals surface area (Å²) >= 11 is 0. The summed E-state index contributed by atoms with van der Waals surface area (Å²) in [6, 6.07) is 7.48. The van der Waals surface area contributed by atoms with Crippen LogP contribution in [0.15, 0.2) is 34.5 Å². The van der Waals surface area contributed by atoms with Gasteiger partial charge in [0.1, 0.15) is 12.4 Å². The van der Waals surface area contributed by atoms with Gasteiger partial charge in [0.25, 0.3) is 5.91 Å². The van der Waals surface area contributed by atoms with E-state index in [0.29, 0.717) is 11.6 Å². The number of benzene rings is 1. The summed E-state index contributed by atoms with van der Waals surface area (Å²) in [6.45, 7) is -0.0857. The average molecular weight is 232 g/mol. The van der Waals surface area contributed by atoms with E-state index in [1.807, 2.05) is 24.3 Å². The summed E-state index contributed by atoms with van der Waals surface area (Å²) in [4.78, 5) is 14.0. The third-order valence-corrected chi connectivity index (χ3v) is 2.25. The number of azo groups is 1. The molecule has 2 aromatic rings. The Morgan fingerprint density at radius 3 is 2.82 bits per heavy atom. The van der Waals surface area contributed by atoms with E-state index in [0.717, 1.165) is 10.8 Å². The number of rotatable bonds is 3. The summed E-state index contributed by atoms with van der Waals surface area (Å²) in [5.41, 5.74) is 5.78. The fourth-order valence-corrected chi connectivity index (χ4v) is 1.52. The molecule has 0 aliphatic rings. The van der Waals surface area contributed by atoms with Crippen molar-refractivity contribution in [1.29, 1.82) is 0 Å². The first kappa shape index (κ1) is 11.3. The topological polar surface area (TPSA) is 92.8 Å². The van der Waals surface area contributed by atoms with Gasteiger partial charge < -0.3 is 15.5 Å². The number of nitrogens with two attached hydrogens (primary N) is 1. The van der Waals surface area contributed by atoms with Crippen molar-refractivity contribution in [3.8, 4) is 0 Å². The number of carbonyl (C=O) groups is 1. The van der Waals surface area contributed by atoms with E-state index in [1.165, 1.54) is 7.11 Å². The second-order valence-electron chi connectivity index (χ2n) is 3.46. The second-order valence-corrected chi connectivity index (χ2v) is 3.46. The molecule has 0 aliphatic heterocycles. The van der Waals surface area contributed by atoms with Crippen LogP contribution in [0.4, 0.5) is 11.6 Å². The predicted octanol–water partition coefficient (Wildman–Crippen LogP) is 2.01. The zero-order chi connectivity index (χ0) is 12.3. The Bertz CT molecular complexity index is 574. The lowest BCUT2D eigenvalue weighted by atomic mass is 10.2. The number of methoxy groups -OCH3 is 1. The van der Waals surface area contributed by atoms with Gasteiger partial charge in [0, 0.05) is 17.9 Å². The van der Waals surface area contributed by atoms with Crippen molar-refractivity contribution in [1.82, 2.24) is 4.98 Å². The molecule has 2 rings (SSSR count). The van der Waals surface area contributed by atoms with E-state index in [4.69, 9.17) is 5.73 Å². The number of hydrogen-bond acceptors (Lipinski definition) is 4. The minimum absolute atomic E-state index is 0.0857. The standard InChI is InChI=1S/C11H12N4O2/c1-17-6-9(16)14-15-11-8-5-3-2-4-7(8)10(12)13-11/h2-5,13H,6,12H2,1H3. The van der Waals surface area contributed by atoms with Crippen molar-refractivity contribution in [3.05, 3.63) is 24.3 Å². The maximum absolute atomic E-state index is 11.1. The van der Waals surface area contributed by atoms with Crippen LogP contribution in [0.2, 0.25) is 0 Å². The summed E-state index contributed by atoms with van der Waals surface area (Å²) in [5.74, 6) is 0.543. The molecule has 0 saturated heterocycles. The van der Waals surface area contributed by atoms with Gasteiger partial charge in [0.15, 0.2) is 5.82 Å². The van der Waals surface area contributed by atoms with Gasteiger partial charge in [-0.1, -0.05) is 24.3 Å². The van der Waals surface area contributed by atoms with E-state index in [9.17, 15) is 4.79 Å². The molecule has 0 unspecified atom stereocenters. The van der Waals surface area contributed by atoms with Crippen LogP contribution in [0, 0.1) is 0 Å². The molecule has 0 bridgehead atoms. The van der Waals surface area contributed by atoms with Crippen molar-refractivity contribution in [2.75, 3.05) is 19.5 Å². The predicted molar refractivity (Wildman–Crippen MR) is 64.1 cm³/mol. The van der Waals surface area contributed by atoms with Crippen molar-refractivity contribution < 1.29 is 9.53 Å². The number of anilines is 1. The van der Waals surface area contributed by atoms with Crippen molar-refractivity contribution in [2.24, 2.45) is 10.2 Å². The van der Waals surface area contributed by atoms with Crippen molar-refractivity contribution in [2.45, 2.75) is 0 Å². The monoisotopic (exact) mass is 232 g/mol. The smallest absolute Gasteiger partial charge is 0.290 e. The third-order valence-electron chi connectivity index (χ3n) is 2.25. The number of aromatic nitrogens is 1. The lowest BCUT2D eigenvalue weighted by molar-refractivity contribution is -0.121. The maximum Gasteiger partial charge on any atom is 0.290 e. The molecule has 17 heavy (non-hydrogen) atoms.